The van der Waals surface area contributed by atoms with Crippen molar-refractivity contribution in [2.45, 2.75) is 19.5 Å². The van der Waals surface area contributed by atoms with E-state index in [2.05, 4.69) is 5.32 Å². The molecule has 1 aromatic carbocycles. The molecule has 1 heterocycles. The van der Waals surface area contributed by atoms with E-state index in [1.54, 1.807) is 0 Å². The number of nitro benzene ring substituents is 1. The number of nitro groups is 1. The van der Waals surface area contributed by atoms with E-state index in [1.807, 2.05) is 36.9 Å². The second-order valence-electron chi connectivity index (χ2n) is 4.60. The molecule has 0 aliphatic carbocycles. The van der Waals surface area contributed by atoms with Gasteiger partial charge in [0.2, 0.25) is 0 Å². The lowest BCUT2D eigenvalue weighted by Crippen LogP contribution is -2.17. The zero-order chi connectivity index (χ0) is 14.7. The Hall–Kier alpha value is -2.21. The molecule has 1 N–H and O–H groups in total. The lowest BCUT2D eigenvalue weighted by Gasteiger charge is -2.15. The van der Waals surface area contributed by atoms with Gasteiger partial charge in [0.05, 0.1) is 17.0 Å². The number of nitrogens with one attached hydrogen (secondary N) is 1. The zero-order valence-electron chi connectivity index (χ0n) is 11.3. The van der Waals surface area contributed by atoms with Crippen LogP contribution in [0, 0.1) is 15.9 Å². The smallest absolute Gasteiger partial charge is 0.274 e. The molecular formula is C14H16FN3O2. The molecule has 6 heteroatoms. The molecule has 0 bridgehead atoms. The quantitative estimate of drug-likeness (QED) is 0.675. The average molecular weight is 277 g/mol. The summed E-state index contributed by atoms with van der Waals surface area (Å²) in [7, 11) is 1.84. The third-order valence-corrected chi connectivity index (χ3v) is 3.32. The fourth-order valence-electron chi connectivity index (χ4n) is 2.15. The van der Waals surface area contributed by atoms with Crippen LogP contribution in [0.3, 0.4) is 0 Å². The van der Waals surface area contributed by atoms with Crippen LogP contribution in [-0.2, 0) is 6.54 Å². The molecule has 1 unspecified atom stereocenters. The van der Waals surface area contributed by atoms with Gasteiger partial charge in [-0.1, -0.05) is 0 Å². The number of rotatable bonds is 5. The SMILES string of the molecule is CNC(C)c1cccn1Cc1cc(F)ccc1[N+](=O)[O-]. The Balaban J connectivity index is 2.37. The zero-order valence-corrected chi connectivity index (χ0v) is 11.3. The van der Waals surface area contributed by atoms with Gasteiger partial charge in [0.15, 0.2) is 0 Å². The first kappa shape index (κ1) is 14.2. The first-order valence-corrected chi connectivity index (χ1v) is 6.28. The van der Waals surface area contributed by atoms with Crippen LogP contribution in [0.2, 0.25) is 0 Å². The molecule has 0 aliphatic heterocycles. The standard InChI is InChI=1S/C14H16FN3O2/c1-10(16-2)13-4-3-7-17(13)9-11-8-12(15)5-6-14(11)18(19)20/h3-8,10,16H,9H2,1-2H3. The fourth-order valence-corrected chi connectivity index (χ4v) is 2.15. The van der Waals surface area contributed by atoms with Gasteiger partial charge < -0.3 is 9.88 Å². The van der Waals surface area contributed by atoms with Gasteiger partial charge in [-0.2, -0.15) is 0 Å². The average Bonchev–Trinajstić information content (AvgIpc) is 2.85. The summed E-state index contributed by atoms with van der Waals surface area (Å²) in [6.45, 7) is 2.26. The van der Waals surface area contributed by atoms with Crippen molar-refractivity contribution in [1.82, 2.24) is 9.88 Å². The summed E-state index contributed by atoms with van der Waals surface area (Å²) in [5.74, 6) is -0.471. The van der Waals surface area contributed by atoms with Crippen molar-refractivity contribution in [1.29, 1.82) is 0 Å². The lowest BCUT2D eigenvalue weighted by atomic mass is 10.1. The van der Waals surface area contributed by atoms with E-state index < -0.39 is 10.7 Å². The van der Waals surface area contributed by atoms with Gasteiger partial charge in [-0.25, -0.2) is 4.39 Å². The van der Waals surface area contributed by atoms with Crippen LogP contribution in [0.25, 0.3) is 0 Å². The van der Waals surface area contributed by atoms with E-state index in [0.29, 0.717) is 5.56 Å². The Labute approximate surface area is 116 Å². The minimum absolute atomic E-state index is 0.0665. The molecule has 20 heavy (non-hydrogen) atoms. The van der Waals surface area contributed by atoms with Crippen LogP contribution in [0.5, 0.6) is 0 Å². The second kappa shape index (κ2) is 5.83. The normalized spacial score (nSPS) is 12.3. The van der Waals surface area contributed by atoms with Crippen LogP contribution in [0.4, 0.5) is 10.1 Å². The largest absolute Gasteiger partial charge is 0.345 e. The first-order valence-electron chi connectivity index (χ1n) is 6.28. The third-order valence-electron chi connectivity index (χ3n) is 3.32. The number of aromatic nitrogens is 1. The van der Waals surface area contributed by atoms with Gasteiger partial charge in [0, 0.05) is 24.0 Å². The maximum absolute atomic E-state index is 13.3. The highest BCUT2D eigenvalue weighted by atomic mass is 19.1. The summed E-state index contributed by atoms with van der Waals surface area (Å²) in [5, 5.41) is 14.1. The molecule has 1 atom stereocenters. The minimum Gasteiger partial charge on any atom is -0.345 e. The van der Waals surface area contributed by atoms with Crippen molar-refractivity contribution in [3.8, 4) is 0 Å². The summed E-state index contributed by atoms with van der Waals surface area (Å²) < 4.78 is 15.2. The van der Waals surface area contributed by atoms with Crippen LogP contribution in [0.15, 0.2) is 36.5 Å². The minimum atomic E-state index is -0.487. The Morgan fingerprint density at radius 3 is 2.85 bits per heavy atom. The molecule has 0 aliphatic rings. The topological polar surface area (TPSA) is 60.1 Å². The van der Waals surface area contributed by atoms with E-state index in [9.17, 15) is 14.5 Å². The van der Waals surface area contributed by atoms with Gasteiger partial charge in [0.1, 0.15) is 5.82 Å². The van der Waals surface area contributed by atoms with Crippen molar-refractivity contribution >= 4 is 5.69 Å². The molecule has 0 amide bonds. The summed E-state index contributed by atoms with van der Waals surface area (Å²) in [4.78, 5) is 10.5. The summed E-state index contributed by atoms with van der Waals surface area (Å²) in [6.07, 6.45) is 1.83. The van der Waals surface area contributed by atoms with Crippen LogP contribution in [0.1, 0.15) is 24.2 Å². The van der Waals surface area contributed by atoms with Gasteiger partial charge in [-0.05, 0) is 38.2 Å². The maximum atomic E-state index is 13.3. The molecule has 5 nitrogen and oxygen atoms in total. The number of benzene rings is 1. The number of hydrogen-bond donors (Lipinski definition) is 1. The number of hydrogen-bond acceptors (Lipinski definition) is 3. The second-order valence-corrected chi connectivity index (χ2v) is 4.60. The lowest BCUT2D eigenvalue weighted by molar-refractivity contribution is -0.385. The predicted octanol–water partition coefficient (Wildman–Crippen LogP) is 2.86. The van der Waals surface area contributed by atoms with E-state index in [-0.39, 0.29) is 18.3 Å². The molecule has 0 radical (unpaired) electrons. The Morgan fingerprint density at radius 2 is 2.20 bits per heavy atom. The van der Waals surface area contributed by atoms with Crippen molar-refractivity contribution < 1.29 is 9.31 Å². The monoisotopic (exact) mass is 277 g/mol. The highest BCUT2D eigenvalue weighted by molar-refractivity contribution is 5.40. The van der Waals surface area contributed by atoms with Crippen LogP contribution in [-0.4, -0.2) is 16.5 Å². The number of nitrogens with zero attached hydrogens (tertiary/aromatic N) is 2. The Kier molecular flexibility index (Phi) is 4.14. The van der Waals surface area contributed by atoms with E-state index >= 15 is 0 Å². The maximum Gasteiger partial charge on any atom is 0.274 e. The van der Waals surface area contributed by atoms with E-state index in [0.717, 1.165) is 11.8 Å². The first-order chi connectivity index (χ1) is 9.52. The van der Waals surface area contributed by atoms with Gasteiger partial charge in [0.25, 0.3) is 5.69 Å². The summed E-state index contributed by atoms with van der Waals surface area (Å²) in [5.41, 5.74) is 1.28. The molecule has 106 valence electrons. The van der Waals surface area contributed by atoms with Crippen molar-refractivity contribution in [2.24, 2.45) is 0 Å². The molecule has 0 spiro atoms. The molecule has 1 aromatic heterocycles. The molecule has 0 fully saturated rings. The molecular weight excluding hydrogens is 261 g/mol. The Morgan fingerprint density at radius 1 is 1.45 bits per heavy atom. The van der Waals surface area contributed by atoms with E-state index in [1.165, 1.54) is 12.1 Å². The molecule has 2 rings (SSSR count). The van der Waals surface area contributed by atoms with Crippen LogP contribution < -0.4 is 5.32 Å². The van der Waals surface area contributed by atoms with Crippen LogP contribution >= 0.6 is 0 Å². The van der Waals surface area contributed by atoms with Gasteiger partial charge >= 0.3 is 0 Å². The molecule has 2 aromatic rings. The fraction of sp³-hybridized carbons (Fsp3) is 0.286. The summed E-state index contributed by atoms with van der Waals surface area (Å²) in [6, 6.07) is 7.44. The summed E-state index contributed by atoms with van der Waals surface area (Å²) >= 11 is 0. The molecule has 0 saturated heterocycles. The van der Waals surface area contributed by atoms with E-state index in [4.69, 9.17) is 0 Å². The van der Waals surface area contributed by atoms with Gasteiger partial charge in [-0.3, -0.25) is 10.1 Å². The highest BCUT2D eigenvalue weighted by Gasteiger charge is 2.16. The number of halogens is 1. The third kappa shape index (κ3) is 2.85. The van der Waals surface area contributed by atoms with Crippen molar-refractivity contribution in [3.05, 3.63) is 63.7 Å². The highest BCUT2D eigenvalue weighted by Crippen LogP contribution is 2.22. The molecule has 0 saturated carbocycles. The van der Waals surface area contributed by atoms with Gasteiger partial charge in [-0.15, -0.1) is 0 Å². The predicted molar refractivity (Wildman–Crippen MR) is 74.1 cm³/mol. The van der Waals surface area contributed by atoms with Crippen molar-refractivity contribution in [2.75, 3.05) is 7.05 Å². The van der Waals surface area contributed by atoms with Crippen molar-refractivity contribution in [3.63, 3.8) is 0 Å². The Bertz CT molecular complexity index is 625.